The maximum atomic E-state index is 9.96. The lowest BCUT2D eigenvalue weighted by Crippen LogP contribution is -2.10. The summed E-state index contributed by atoms with van der Waals surface area (Å²) in [6.07, 6.45) is 0.365. The number of ether oxygens (including phenoxy) is 1. The number of hydrogen-bond donors (Lipinski definition) is 1. The third kappa shape index (κ3) is 2.95. The van der Waals surface area contributed by atoms with E-state index in [1.807, 2.05) is 18.4 Å². The summed E-state index contributed by atoms with van der Waals surface area (Å²) in [6, 6.07) is 1.81. The summed E-state index contributed by atoms with van der Waals surface area (Å²) in [5.41, 5.74) is 0. The summed E-state index contributed by atoms with van der Waals surface area (Å²) in [5, 5.41) is 12.5. The van der Waals surface area contributed by atoms with E-state index >= 15 is 0 Å². The molecule has 1 rings (SSSR count). The Hall–Kier alpha value is -0.0900. The Morgan fingerprint density at radius 1 is 1.64 bits per heavy atom. The Morgan fingerprint density at radius 3 is 2.86 bits per heavy atom. The third-order valence-electron chi connectivity index (χ3n) is 2.23. The molecule has 0 bridgehead atoms. The Labute approximate surface area is 93.5 Å². The van der Waals surface area contributed by atoms with Crippen LogP contribution < -0.4 is 0 Å². The van der Waals surface area contributed by atoms with Crippen molar-refractivity contribution in [2.75, 3.05) is 13.7 Å². The molecule has 4 heteroatoms. The molecule has 14 heavy (non-hydrogen) atoms. The monoisotopic (exact) mass is 234 g/mol. The van der Waals surface area contributed by atoms with Gasteiger partial charge in [-0.1, -0.05) is 18.5 Å². The number of aliphatic hydroxyl groups excluding tert-OH is 1. The predicted octanol–water partition coefficient (Wildman–Crippen LogP) is 3.11. The van der Waals surface area contributed by atoms with Gasteiger partial charge in [0.25, 0.3) is 0 Å². The van der Waals surface area contributed by atoms with E-state index in [9.17, 15) is 5.11 Å². The molecule has 0 spiro atoms. The fourth-order valence-electron chi connectivity index (χ4n) is 1.24. The molecule has 2 atom stereocenters. The number of halogens is 1. The van der Waals surface area contributed by atoms with Gasteiger partial charge < -0.3 is 9.84 Å². The van der Waals surface area contributed by atoms with E-state index in [-0.39, 0.29) is 5.92 Å². The minimum atomic E-state index is -0.474. The van der Waals surface area contributed by atoms with Gasteiger partial charge in [0.15, 0.2) is 0 Å². The maximum absolute atomic E-state index is 9.96. The Morgan fingerprint density at radius 2 is 2.36 bits per heavy atom. The topological polar surface area (TPSA) is 29.5 Å². The number of methoxy groups -OCH3 is 1. The molecule has 0 radical (unpaired) electrons. The standard InChI is InChI=1S/C10H15ClO2S/c1-7(3-5-13-2)9(12)10-8(11)4-6-14-10/h4,6-7,9,12H,3,5H2,1-2H3. The van der Waals surface area contributed by atoms with Crippen molar-refractivity contribution in [2.45, 2.75) is 19.4 Å². The summed E-state index contributed by atoms with van der Waals surface area (Å²) in [5.74, 6) is 0.172. The smallest absolute Gasteiger partial charge is 0.0923 e. The van der Waals surface area contributed by atoms with Gasteiger partial charge in [0.05, 0.1) is 16.0 Å². The van der Waals surface area contributed by atoms with Crippen molar-refractivity contribution in [3.8, 4) is 0 Å². The first-order valence-corrected chi connectivity index (χ1v) is 5.82. The van der Waals surface area contributed by atoms with Crippen molar-refractivity contribution in [1.82, 2.24) is 0 Å². The molecule has 2 nitrogen and oxygen atoms in total. The van der Waals surface area contributed by atoms with Crippen LogP contribution in [0.3, 0.4) is 0 Å². The van der Waals surface area contributed by atoms with Crippen LogP contribution in [0.2, 0.25) is 5.02 Å². The van der Waals surface area contributed by atoms with Crippen LogP contribution in [-0.2, 0) is 4.74 Å². The lowest BCUT2D eigenvalue weighted by molar-refractivity contribution is 0.0912. The number of rotatable bonds is 5. The summed E-state index contributed by atoms with van der Waals surface area (Å²) < 4.78 is 4.97. The first kappa shape index (κ1) is 12.0. The highest BCUT2D eigenvalue weighted by molar-refractivity contribution is 7.10. The molecule has 0 fully saturated rings. The van der Waals surface area contributed by atoms with Crippen LogP contribution in [0.5, 0.6) is 0 Å². The summed E-state index contributed by atoms with van der Waals surface area (Å²) in [4.78, 5) is 0.857. The largest absolute Gasteiger partial charge is 0.387 e. The second-order valence-electron chi connectivity index (χ2n) is 3.34. The predicted molar refractivity (Wildman–Crippen MR) is 59.9 cm³/mol. The van der Waals surface area contributed by atoms with Crippen molar-refractivity contribution in [3.63, 3.8) is 0 Å². The highest BCUT2D eigenvalue weighted by Gasteiger charge is 2.19. The number of thiophene rings is 1. The zero-order chi connectivity index (χ0) is 10.6. The van der Waals surface area contributed by atoms with Crippen LogP contribution in [0.15, 0.2) is 11.4 Å². The van der Waals surface area contributed by atoms with Gasteiger partial charge in [0.1, 0.15) is 0 Å². The molecule has 1 heterocycles. The van der Waals surface area contributed by atoms with E-state index in [1.54, 1.807) is 7.11 Å². The number of hydrogen-bond acceptors (Lipinski definition) is 3. The van der Waals surface area contributed by atoms with Crippen molar-refractivity contribution < 1.29 is 9.84 Å². The second kappa shape index (κ2) is 5.71. The van der Waals surface area contributed by atoms with Gasteiger partial charge in [0, 0.05) is 13.7 Å². The van der Waals surface area contributed by atoms with Crippen LogP contribution in [0.4, 0.5) is 0 Å². The minimum Gasteiger partial charge on any atom is -0.387 e. The molecule has 0 aliphatic carbocycles. The van der Waals surface area contributed by atoms with Gasteiger partial charge in [-0.05, 0) is 23.8 Å². The average molecular weight is 235 g/mol. The molecular weight excluding hydrogens is 220 g/mol. The second-order valence-corrected chi connectivity index (χ2v) is 4.69. The van der Waals surface area contributed by atoms with Crippen LogP contribution in [-0.4, -0.2) is 18.8 Å². The SMILES string of the molecule is COCCC(C)C(O)c1sccc1Cl. The zero-order valence-corrected chi connectivity index (χ0v) is 9.94. The molecule has 0 amide bonds. The van der Waals surface area contributed by atoms with E-state index in [2.05, 4.69) is 0 Å². The molecule has 0 aromatic carbocycles. The molecule has 0 saturated carbocycles. The highest BCUT2D eigenvalue weighted by atomic mass is 35.5. The first-order valence-electron chi connectivity index (χ1n) is 4.56. The van der Waals surface area contributed by atoms with Crippen LogP contribution in [0.25, 0.3) is 0 Å². The molecular formula is C10H15ClO2S. The van der Waals surface area contributed by atoms with Crippen molar-refractivity contribution >= 4 is 22.9 Å². The van der Waals surface area contributed by atoms with Gasteiger partial charge >= 0.3 is 0 Å². The molecule has 1 aromatic rings. The molecule has 1 aromatic heterocycles. The average Bonchev–Trinajstić information content (AvgIpc) is 2.59. The van der Waals surface area contributed by atoms with Crippen LogP contribution in [0, 0.1) is 5.92 Å². The van der Waals surface area contributed by atoms with E-state index < -0.39 is 6.10 Å². The molecule has 80 valence electrons. The minimum absolute atomic E-state index is 0.172. The van der Waals surface area contributed by atoms with Crippen molar-refractivity contribution in [3.05, 3.63) is 21.3 Å². The Kier molecular flexibility index (Phi) is 4.89. The number of aliphatic hydroxyl groups is 1. The molecule has 1 N–H and O–H groups in total. The van der Waals surface area contributed by atoms with Crippen LogP contribution in [0.1, 0.15) is 24.3 Å². The molecule has 0 aliphatic rings. The summed E-state index contributed by atoms with van der Waals surface area (Å²) in [6.45, 7) is 2.67. The molecule has 0 saturated heterocycles. The van der Waals surface area contributed by atoms with Gasteiger partial charge in [-0.2, -0.15) is 0 Å². The van der Waals surface area contributed by atoms with Crippen molar-refractivity contribution in [2.24, 2.45) is 5.92 Å². The lowest BCUT2D eigenvalue weighted by Gasteiger charge is -2.17. The third-order valence-corrected chi connectivity index (χ3v) is 3.66. The Bertz CT molecular complexity index is 275. The van der Waals surface area contributed by atoms with Gasteiger partial charge in [-0.3, -0.25) is 0 Å². The first-order chi connectivity index (χ1) is 6.66. The highest BCUT2D eigenvalue weighted by Crippen LogP contribution is 2.33. The van der Waals surface area contributed by atoms with Gasteiger partial charge in [-0.25, -0.2) is 0 Å². The van der Waals surface area contributed by atoms with Crippen molar-refractivity contribution in [1.29, 1.82) is 0 Å². The zero-order valence-electron chi connectivity index (χ0n) is 8.37. The van der Waals surface area contributed by atoms with Crippen LogP contribution >= 0.6 is 22.9 Å². The van der Waals surface area contributed by atoms with Gasteiger partial charge in [-0.15, -0.1) is 11.3 Å². The summed E-state index contributed by atoms with van der Waals surface area (Å²) in [7, 11) is 1.66. The Balaban J connectivity index is 2.56. The maximum Gasteiger partial charge on any atom is 0.0923 e. The molecule has 0 aliphatic heterocycles. The molecule has 2 unspecified atom stereocenters. The fraction of sp³-hybridized carbons (Fsp3) is 0.600. The van der Waals surface area contributed by atoms with E-state index in [1.165, 1.54) is 11.3 Å². The van der Waals surface area contributed by atoms with E-state index in [0.29, 0.717) is 11.6 Å². The fourth-order valence-corrected chi connectivity index (χ4v) is 2.52. The van der Waals surface area contributed by atoms with Gasteiger partial charge in [0.2, 0.25) is 0 Å². The normalized spacial score (nSPS) is 15.4. The lowest BCUT2D eigenvalue weighted by atomic mass is 10.0. The van der Waals surface area contributed by atoms with E-state index in [0.717, 1.165) is 11.3 Å². The van der Waals surface area contributed by atoms with E-state index in [4.69, 9.17) is 16.3 Å². The summed E-state index contributed by atoms with van der Waals surface area (Å²) >= 11 is 7.43. The quantitative estimate of drug-likeness (QED) is 0.849.